The zero-order chi connectivity index (χ0) is 11.6. The van der Waals surface area contributed by atoms with E-state index in [0.29, 0.717) is 11.5 Å². The number of nitrogens with one attached hydrogen (secondary N) is 1. The van der Waals surface area contributed by atoms with Crippen LogP contribution in [0, 0.1) is 12.3 Å². The van der Waals surface area contributed by atoms with E-state index in [0.717, 1.165) is 6.42 Å². The molecule has 1 aromatic rings. The van der Waals surface area contributed by atoms with Crippen molar-refractivity contribution in [3.05, 3.63) is 15.6 Å². The summed E-state index contributed by atoms with van der Waals surface area (Å²) in [7, 11) is 1.99. The van der Waals surface area contributed by atoms with Crippen molar-refractivity contribution >= 4 is 11.3 Å². The summed E-state index contributed by atoms with van der Waals surface area (Å²) < 4.78 is 0. The van der Waals surface area contributed by atoms with E-state index in [1.54, 1.807) is 0 Å². The van der Waals surface area contributed by atoms with Crippen LogP contribution in [0.25, 0.3) is 0 Å². The Kier molecular flexibility index (Phi) is 3.90. The Morgan fingerprint density at radius 3 is 2.47 bits per heavy atom. The molecule has 1 aromatic heterocycles. The first-order chi connectivity index (χ1) is 6.83. The van der Waals surface area contributed by atoms with E-state index in [9.17, 15) is 0 Å². The van der Waals surface area contributed by atoms with Crippen molar-refractivity contribution in [1.29, 1.82) is 0 Å². The Morgan fingerprint density at radius 2 is 2.00 bits per heavy atom. The monoisotopic (exact) mass is 226 g/mol. The number of hydrogen-bond donors (Lipinski definition) is 1. The van der Waals surface area contributed by atoms with Crippen LogP contribution in [0.1, 0.15) is 49.3 Å². The van der Waals surface area contributed by atoms with Gasteiger partial charge >= 0.3 is 0 Å². The summed E-state index contributed by atoms with van der Waals surface area (Å²) in [5.41, 5.74) is 1.51. The van der Waals surface area contributed by atoms with E-state index in [-0.39, 0.29) is 0 Å². The zero-order valence-corrected chi connectivity index (χ0v) is 11.5. The van der Waals surface area contributed by atoms with Crippen LogP contribution in [0.5, 0.6) is 0 Å². The van der Waals surface area contributed by atoms with Gasteiger partial charge in [0.25, 0.3) is 0 Å². The van der Waals surface area contributed by atoms with Crippen molar-refractivity contribution in [1.82, 2.24) is 10.3 Å². The van der Waals surface area contributed by atoms with Gasteiger partial charge in [0.05, 0.1) is 10.7 Å². The fourth-order valence-electron chi connectivity index (χ4n) is 1.53. The highest BCUT2D eigenvalue weighted by Crippen LogP contribution is 2.29. The molecule has 1 rings (SSSR count). The van der Waals surface area contributed by atoms with Gasteiger partial charge in [-0.05, 0) is 26.3 Å². The van der Waals surface area contributed by atoms with Gasteiger partial charge in [0.2, 0.25) is 0 Å². The minimum atomic E-state index is 0.324. The van der Waals surface area contributed by atoms with Crippen molar-refractivity contribution in [2.45, 2.75) is 47.1 Å². The molecule has 0 aromatic carbocycles. The molecule has 0 saturated carbocycles. The lowest BCUT2D eigenvalue weighted by atomic mass is 9.93. The van der Waals surface area contributed by atoms with Crippen LogP contribution in [0.4, 0.5) is 0 Å². The highest BCUT2D eigenvalue weighted by molar-refractivity contribution is 7.11. The Labute approximate surface area is 97.1 Å². The maximum atomic E-state index is 4.64. The lowest BCUT2D eigenvalue weighted by molar-refractivity contribution is 0.410. The molecule has 0 fully saturated rings. The molecule has 0 aliphatic carbocycles. The summed E-state index contributed by atoms with van der Waals surface area (Å²) in [5, 5.41) is 4.53. The van der Waals surface area contributed by atoms with Crippen molar-refractivity contribution in [2.75, 3.05) is 7.05 Å². The Balaban J connectivity index is 2.86. The van der Waals surface area contributed by atoms with Crippen molar-refractivity contribution in [3.63, 3.8) is 0 Å². The van der Waals surface area contributed by atoms with Gasteiger partial charge in [-0.15, -0.1) is 11.3 Å². The molecular formula is C12H22N2S. The molecule has 3 heteroatoms. The first-order valence-electron chi connectivity index (χ1n) is 5.47. The third-order valence-corrected chi connectivity index (χ3v) is 3.72. The molecule has 0 saturated heterocycles. The fourth-order valence-corrected chi connectivity index (χ4v) is 2.96. The molecule has 0 spiro atoms. The second kappa shape index (κ2) is 4.62. The minimum absolute atomic E-state index is 0.324. The van der Waals surface area contributed by atoms with Gasteiger partial charge in [-0.1, -0.05) is 20.8 Å². The third-order valence-electron chi connectivity index (χ3n) is 2.38. The van der Waals surface area contributed by atoms with Crippen LogP contribution in [-0.4, -0.2) is 12.0 Å². The molecule has 0 aliphatic heterocycles. The molecule has 1 unspecified atom stereocenters. The lowest BCUT2D eigenvalue weighted by Crippen LogP contribution is -2.11. The number of nitrogens with zero attached hydrogens (tertiary/aromatic N) is 1. The molecule has 1 heterocycles. The fraction of sp³-hybridized carbons (Fsp3) is 0.750. The van der Waals surface area contributed by atoms with Crippen molar-refractivity contribution in [2.24, 2.45) is 5.41 Å². The maximum absolute atomic E-state index is 4.64. The third kappa shape index (κ3) is 3.58. The second-order valence-electron chi connectivity index (χ2n) is 5.31. The quantitative estimate of drug-likeness (QED) is 0.855. The van der Waals surface area contributed by atoms with Gasteiger partial charge in [-0.25, -0.2) is 4.98 Å². The smallest absolute Gasteiger partial charge is 0.0936 e. The molecule has 2 nitrogen and oxygen atoms in total. The predicted molar refractivity (Wildman–Crippen MR) is 67.5 cm³/mol. The van der Waals surface area contributed by atoms with Gasteiger partial charge in [-0.3, -0.25) is 0 Å². The summed E-state index contributed by atoms with van der Waals surface area (Å²) in [6.45, 7) is 11.0. The standard InChI is InChI=1S/C12H22N2S/c1-8(13-6)11-9(2)14-10(15-11)7-12(3,4)5/h8,13H,7H2,1-6H3. The van der Waals surface area contributed by atoms with Crippen LogP contribution in [0.2, 0.25) is 0 Å². The number of thiazole rings is 1. The molecule has 0 radical (unpaired) electrons. The molecule has 1 atom stereocenters. The van der Waals surface area contributed by atoms with Crippen LogP contribution in [0.15, 0.2) is 0 Å². The number of aromatic nitrogens is 1. The molecule has 1 N–H and O–H groups in total. The van der Waals surface area contributed by atoms with Gasteiger partial charge < -0.3 is 5.32 Å². The van der Waals surface area contributed by atoms with Gasteiger partial charge in [0.1, 0.15) is 0 Å². The van der Waals surface area contributed by atoms with Gasteiger partial charge in [-0.2, -0.15) is 0 Å². The average Bonchev–Trinajstić information content (AvgIpc) is 2.42. The Bertz CT molecular complexity index is 323. The summed E-state index contributed by atoms with van der Waals surface area (Å²) in [6.07, 6.45) is 1.06. The molecule has 15 heavy (non-hydrogen) atoms. The van der Waals surface area contributed by atoms with Crippen LogP contribution >= 0.6 is 11.3 Å². The topological polar surface area (TPSA) is 24.9 Å². The number of rotatable bonds is 3. The van der Waals surface area contributed by atoms with Gasteiger partial charge in [0.15, 0.2) is 0 Å². The van der Waals surface area contributed by atoms with Crippen LogP contribution < -0.4 is 5.32 Å². The summed E-state index contributed by atoms with van der Waals surface area (Å²) in [4.78, 5) is 6.02. The molecule has 0 amide bonds. The first kappa shape index (κ1) is 12.7. The summed E-state index contributed by atoms with van der Waals surface area (Å²) in [5.74, 6) is 0. The molecule has 86 valence electrons. The normalized spacial score (nSPS) is 14.3. The van der Waals surface area contributed by atoms with Gasteiger partial charge in [0, 0.05) is 17.3 Å². The second-order valence-corrected chi connectivity index (χ2v) is 6.42. The van der Waals surface area contributed by atoms with E-state index >= 15 is 0 Å². The lowest BCUT2D eigenvalue weighted by Gasteiger charge is -2.15. The van der Waals surface area contributed by atoms with Crippen LogP contribution in [0.3, 0.4) is 0 Å². The summed E-state index contributed by atoms with van der Waals surface area (Å²) >= 11 is 1.85. The highest BCUT2D eigenvalue weighted by Gasteiger charge is 2.17. The largest absolute Gasteiger partial charge is 0.312 e. The van der Waals surface area contributed by atoms with Crippen molar-refractivity contribution in [3.8, 4) is 0 Å². The Morgan fingerprint density at radius 1 is 1.40 bits per heavy atom. The maximum Gasteiger partial charge on any atom is 0.0936 e. The average molecular weight is 226 g/mol. The van der Waals surface area contributed by atoms with E-state index in [1.165, 1.54) is 15.6 Å². The molecule has 0 aliphatic rings. The zero-order valence-electron chi connectivity index (χ0n) is 10.6. The van der Waals surface area contributed by atoms with E-state index < -0.39 is 0 Å². The first-order valence-corrected chi connectivity index (χ1v) is 6.28. The van der Waals surface area contributed by atoms with E-state index in [1.807, 2.05) is 18.4 Å². The number of aryl methyl sites for hydroxylation is 1. The summed E-state index contributed by atoms with van der Waals surface area (Å²) in [6, 6.07) is 0.413. The van der Waals surface area contributed by atoms with E-state index in [2.05, 4.69) is 44.9 Å². The minimum Gasteiger partial charge on any atom is -0.312 e. The molecule has 0 bridgehead atoms. The SMILES string of the molecule is CNC(C)c1sc(CC(C)(C)C)nc1C. The number of hydrogen-bond acceptors (Lipinski definition) is 3. The van der Waals surface area contributed by atoms with E-state index in [4.69, 9.17) is 0 Å². The molecular weight excluding hydrogens is 204 g/mol. The highest BCUT2D eigenvalue weighted by atomic mass is 32.1. The van der Waals surface area contributed by atoms with Crippen LogP contribution in [-0.2, 0) is 6.42 Å². The van der Waals surface area contributed by atoms with Crippen molar-refractivity contribution < 1.29 is 0 Å². The predicted octanol–water partition coefficient (Wildman–Crippen LogP) is 3.32. The Hall–Kier alpha value is -0.410.